The largest absolute Gasteiger partial charge is 0.508 e. The molecule has 1 atom stereocenters. The van der Waals surface area contributed by atoms with Gasteiger partial charge in [-0.3, -0.25) is 0 Å². The summed E-state index contributed by atoms with van der Waals surface area (Å²) < 4.78 is 22.4. The summed E-state index contributed by atoms with van der Waals surface area (Å²) in [6.45, 7) is 6.96. The molecule has 3 aromatic rings. The van der Waals surface area contributed by atoms with Crippen LogP contribution in [0.5, 0.6) is 23.0 Å². The molecule has 2 N–H and O–H groups in total. The Hall–Kier alpha value is -3.42. The molecule has 0 saturated carbocycles. The zero-order chi connectivity index (χ0) is 28.3. The van der Waals surface area contributed by atoms with Crippen molar-refractivity contribution in [2.75, 3.05) is 59.1 Å². The van der Waals surface area contributed by atoms with E-state index in [0.29, 0.717) is 18.3 Å². The second kappa shape index (κ2) is 14.8. The average Bonchev–Trinajstić information content (AvgIpc) is 2.99. The first-order valence-electron chi connectivity index (χ1n) is 14.3. The van der Waals surface area contributed by atoms with Crippen LogP contribution in [0, 0.1) is 0 Å². The minimum atomic E-state index is 0.340. The molecule has 1 unspecified atom stereocenters. The highest BCUT2D eigenvalue weighted by atomic mass is 16.5. The van der Waals surface area contributed by atoms with Gasteiger partial charge in [-0.2, -0.15) is 0 Å². The number of nitrogens with zero attached hydrogens (tertiary/aromatic N) is 1. The van der Waals surface area contributed by atoms with Crippen LogP contribution in [0.1, 0.15) is 47.9 Å². The Morgan fingerprint density at radius 3 is 2.40 bits per heavy atom. The van der Waals surface area contributed by atoms with Gasteiger partial charge >= 0.3 is 0 Å². The molecule has 0 saturated heterocycles. The van der Waals surface area contributed by atoms with Gasteiger partial charge < -0.3 is 34.3 Å². The maximum absolute atomic E-state index is 9.94. The zero-order valence-corrected chi connectivity index (χ0v) is 24.4. The number of aryl methyl sites for hydroxylation is 1. The fraction of sp³-hybridized carbons (Fsp3) is 0.455. The highest BCUT2D eigenvalue weighted by Gasteiger charge is 2.26. The van der Waals surface area contributed by atoms with Crippen LogP contribution in [-0.4, -0.2) is 59.3 Å². The molecule has 0 amide bonds. The van der Waals surface area contributed by atoms with Crippen molar-refractivity contribution in [1.82, 2.24) is 5.32 Å². The van der Waals surface area contributed by atoms with E-state index in [1.54, 1.807) is 27.4 Å². The van der Waals surface area contributed by atoms with E-state index in [-0.39, 0.29) is 0 Å². The molecule has 7 nitrogen and oxygen atoms in total. The van der Waals surface area contributed by atoms with Crippen LogP contribution in [0.2, 0.25) is 0 Å². The van der Waals surface area contributed by atoms with E-state index in [4.69, 9.17) is 18.9 Å². The maximum Gasteiger partial charge on any atom is 0.162 e. The van der Waals surface area contributed by atoms with Gasteiger partial charge in [-0.25, -0.2) is 0 Å². The van der Waals surface area contributed by atoms with Crippen LogP contribution in [-0.2, 0) is 24.1 Å². The third-order valence-electron chi connectivity index (χ3n) is 7.66. The Balaban J connectivity index is 1.48. The Labute approximate surface area is 239 Å². The molecular weight excluding hydrogens is 504 g/mol. The van der Waals surface area contributed by atoms with Gasteiger partial charge in [-0.05, 0) is 97.7 Å². The molecule has 0 bridgehead atoms. The van der Waals surface area contributed by atoms with E-state index in [1.165, 1.54) is 27.9 Å². The first-order chi connectivity index (χ1) is 19.6. The van der Waals surface area contributed by atoms with Gasteiger partial charge in [0, 0.05) is 45.1 Å². The van der Waals surface area contributed by atoms with E-state index in [9.17, 15) is 5.11 Å². The summed E-state index contributed by atoms with van der Waals surface area (Å²) in [7, 11) is 5.11. The number of benzene rings is 3. The van der Waals surface area contributed by atoms with Crippen molar-refractivity contribution in [3.63, 3.8) is 0 Å². The van der Waals surface area contributed by atoms with E-state index >= 15 is 0 Å². The van der Waals surface area contributed by atoms with E-state index in [1.807, 2.05) is 6.07 Å². The zero-order valence-electron chi connectivity index (χ0n) is 24.4. The Morgan fingerprint density at radius 2 is 1.68 bits per heavy atom. The SMILES string of the molecule is CCN(Cc1ccc(OCCNCCCOC)cc1)c1cc(OC)c(OC)cc1C1CCc2cc(O)ccc2C1. The standard InChI is InChI=1S/C33H44N2O5/c1-5-35(23-24-7-13-29(14-8-24)40-18-16-34-15-6-17-37-2)31-22-33(39-4)32(38-3)21-30(31)27-10-9-26-20-28(36)12-11-25(26)19-27/h7-8,11-14,20-22,27,34,36H,5-6,9-10,15-19,23H2,1-4H3. The molecule has 0 fully saturated rings. The van der Waals surface area contributed by atoms with Gasteiger partial charge in [0.2, 0.25) is 0 Å². The molecule has 0 heterocycles. The van der Waals surface area contributed by atoms with E-state index in [0.717, 1.165) is 75.7 Å². The lowest BCUT2D eigenvalue weighted by Gasteiger charge is -2.32. The average molecular weight is 549 g/mol. The van der Waals surface area contributed by atoms with Gasteiger partial charge in [0.05, 0.1) is 14.2 Å². The minimum absolute atomic E-state index is 0.340. The highest BCUT2D eigenvalue weighted by Crippen LogP contribution is 2.43. The fourth-order valence-electron chi connectivity index (χ4n) is 5.48. The molecule has 40 heavy (non-hydrogen) atoms. The van der Waals surface area contributed by atoms with Gasteiger partial charge in [-0.1, -0.05) is 18.2 Å². The lowest BCUT2D eigenvalue weighted by atomic mass is 9.79. The van der Waals surface area contributed by atoms with Crippen LogP contribution < -0.4 is 24.4 Å². The number of aromatic hydroxyl groups is 1. The van der Waals surface area contributed by atoms with Crippen molar-refractivity contribution in [2.24, 2.45) is 0 Å². The number of nitrogens with one attached hydrogen (secondary N) is 1. The number of phenols is 1. The van der Waals surface area contributed by atoms with Crippen LogP contribution in [0.4, 0.5) is 5.69 Å². The molecular formula is C33H44N2O5. The number of hydrogen-bond acceptors (Lipinski definition) is 7. The van der Waals surface area contributed by atoms with E-state index in [2.05, 4.69) is 59.6 Å². The van der Waals surface area contributed by atoms with Crippen molar-refractivity contribution in [3.8, 4) is 23.0 Å². The van der Waals surface area contributed by atoms with Crippen LogP contribution >= 0.6 is 0 Å². The lowest BCUT2D eigenvalue weighted by molar-refractivity contribution is 0.193. The third kappa shape index (κ3) is 7.61. The number of fused-ring (bicyclic) bond motifs is 1. The molecule has 1 aliphatic rings. The predicted octanol–water partition coefficient (Wildman–Crippen LogP) is 5.71. The number of methoxy groups -OCH3 is 3. The summed E-state index contributed by atoms with van der Waals surface area (Å²) in [4.78, 5) is 2.41. The molecule has 1 aliphatic carbocycles. The number of hydrogen-bond donors (Lipinski definition) is 2. The summed E-state index contributed by atoms with van der Waals surface area (Å²) >= 11 is 0. The second-order valence-electron chi connectivity index (χ2n) is 10.3. The molecule has 7 heteroatoms. The first kappa shape index (κ1) is 29.6. The monoisotopic (exact) mass is 548 g/mol. The Bertz CT molecular complexity index is 1210. The molecule has 216 valence electrons. The number of rotatable bonds is 15. The van der Waals surface area contributed by atoms with Gasteiger partial charge in [-0.15, -0.1) is 0 Å². The van der Waals surface area contributed by atoms with Crippen LogP contribution in [0.3, 0.4) is 0 Å². The van der Waals surface area contributed by atoms with Crippen molar-refractivity contribution < 1.29 is 24.1 Å². The Morgan fingerprint density at radius 1 is 0.900 bits per heavy atom. The molecule has 4 rings (SSSR count). The third-order valence-corrected chi connectivity index (χ3v) is 7.66. The summed E-state index contributed by atoms with van der Waals surface area (Å²) in [5, 5.41) is 13.3. The molecule has 0 aromatic heterocycles. The van der Waals surface area contributed by atoms with Crippen molar-refractivity contribution in [3.05, 3.63) is 76.9 Å². The quantitative estimate of drug-likeness (QED) is 0.236. The van der Waals surface area contributed by atoms with Crippen molar-refractivity contribution in [2.45, 2.75) is 45.1 Å². The Kier molecular flexibility index (Phi) is 11.0. The number of anilines is 1. The normalized spacial score (nSPS) is 14.4. The van der Waals surface area contributed by atoms with Gasteiger partial charge in [0.15, 0.2) is 11.5 Å². The summed E-state index contributed by atoms with van der Waals surface area (Å²) in [5.41, 5.74) is 6.22. The smallest absolute Gasteiger partial charge is 0.162 e. The fourth-order valence-corrected chi connectivity index (χ4v) is 5.48. The lowest BCUT2D eigenvalue weighted by Crippen LogP contribution is -2.25. The summed E-state index contributed by atoms with van der Waals surface area (Å²) in [6, 6.07) is 18.5. The van der Waals surface area contributed by atoms with E-state index < -0.39 is 0 Å². The second-order valence-corrected chi connectivity index (χ2v) is 10.3. The van der Waals surface area contributed by atoms with Crippen molar-refractivity contribution >= 4 is 5.69 Å². The van der Waals surface area contributed by atoms with Gasteiger partial charge in [0.1, 0.15) is 18.1 Å². The summed E-state index contributed by atoms with van der Waals surface area (Å²) in [5.74, 6) is 3.06. The van der Waals surface area contributed by atoms with Crippen LogP contribution in [0.25, 0.3) is 0 Å². The molecule has 0 aliphatic heterocycles. The number of phenolic OH excluding ortho intramolecular Hbond substituents is 1. The molecule has 3 aromatic carbocycles. The number of ether oxygens (including phenoxy) is 4. The molecule has 0 radical (unpaired) electrons. The van der Waals surface area contributed by atoms with Crippen LogP contribution in [0.15, 0.2) is 54.6 Å². The van der Waals surface area contributed by atoms with Crippen molar-refractivity contribution in [1.29, 1.82) is 0 Å². The topological polar surface area (TPSA) is 72.4 Å². The van der Waals surface area contributed by atoms with Gasteiger partial charge in [0.25, 0.3) is 0 Å². The summed E-state index contributed by atoms with van der Waals surface area (Å²) in [6.07, 6.45) is 3.89. The minimum Gasteiger partial charge on any atom is -0.508 e. The predicted molar refractivity (Wildman–Crippen MR) is 160 cm³/mol. The molecule has 0 spiro atoms. The maximum atomic E-state index is 9.94. The highest BCUT2D eigenvalue weighted by molar-refractivity contribution is 5.64. The first-order valence-corrected chi connectivity index (χ1v) is 14.3.